The number of anilines is 1. The largest absolute Gasteiger partial charge is 0.497 e. The monoisotopic (exact) mass is 263 g/mol. The molecule has 0 radical (unpaired) electrons. The van der Waals surface area contributed by atoms with Crippen LogP contribution >= 0.6 is 11.6 Å². The van der Waals surface area contributed by atoms with Gasteiger partial charge in [0.15, 0.2) is 0 Å². The van der Waals surface area contributed by atoms with E-state index in [0.717, 1.165) is 17.1 Å². The van der Waals surface area contributed by atoms with Crippen LogP contribution < -0.4 is 15.2 Å². The molecule has 94 valence electrons. The average molecular weight is 264 g/mol. The molecule has 0 saturated carbocycles. The Morgan fingerprint density at radius 1 is 1.11 bits per heavy atom. The van der Waals surface area contributed by atoms with Gasteiger partial charge >= 0.3 is 0 Å². The van der Waals surface area contributed by atoms with E-state index in [1.807, 2.05) is 30.3 Å². The number of halogens is 1. The summed E-state index contributed by atoms with van der Waals surface area (Å²) in [5, 5.41) is 0.543. The maximum absolute atomic E-state index is 5.94. The van der Waals surface area contributed by atoms with E-state index >= 15 is 0 Å². The molecule has 2 N–H and O–H groups in total. The summed E-state index contributed by atoms with van der Waals surface area (Å²) in [7, 11) is 1.62. The highest BCUT2D eigenvalue weighted by Crippen LogP contribution is 2.22. The summed E-state index contributed by atoms with van der Waals surface area (Å²) in [6, 6.07) is 12.9. The van der Waals surface area contributed by atoms with Crippen LogP contribution in [0.2, 0.25) is 5.02 Å². The van der Waals surface area contributed by atoms with E-state index in [4.69, 9.17) is 26.8 Å². The maximum atomic E-state index is 5.94. The fraction of sp³-hybridized carbons (Fsp3) is 0.143. The predicted octanol–water partition coefficient (Wildman–Crippen LogP) is 3.51. The summed E-state index contributed by atoms with van der Waals surface area (Å²) in [4.78, 5) is 0. The molecule has 0 bridgehead atoms. The van der Waals surface area contributed by atoms with Crippen LogP contribution in [0.15, 0.2) is 42.5 Å². The number of hydrogen-bond acceptors (Lipinski definition) is 3. The second-order valence-electron chi connectivity index (χ2n) is 3.82. The van der Waals surface area contributed by atoms with Crippen molar-refractivity contribution in [1.29, 1.82) is 0 Å². The summed E-state index contributed by atoms with van der Waals surface area (Å²) in [6.45, 7) is 0.438. The van der Waals surface area contributed by atoms with E-state index in [0.29, 0.717) is 17.3 Å². The van der Waals surface area contributed by atoms with E-state index in [1.165, 1.54) is 0 Å². The lowest BCUT2D eigenvalue weighted by Gasteiger charge is -2.08. The first-order valence-corrected chi connectivity index (χ1v) is 5.87. The lowest BCUT2D eigenvalue weighted by molar-refractivity contribution is 0.303. The Bertz CT molecular complexity index is 543. The van der Waals surface area contributed by atoms with Crippen LogP contribution in [0.25, 0.3) is 0 Å². The van der Waals surface area contributed by atoms with Crippen LogP contribution in [0.1, 0.15) is 5.56 Å². The molecule has 2 aromatic rings. The van der Waals surface area contributed by atoms with Crippen molar-refractivity contribution in [3.8, 4) is 11.5 Å². The van der Waals surface area contributed by atoms with Gasteiger partial charge in [-0.3, -0.25) is 0 Å². The molecule has 0 saturated heterocycles. The molecule has 2 aromatic carbocycles. The van der Waals surface area contributed by atoms with Gasteiger partial charge in [-0.15, -0.1) is 0 Å². The first kappa shape index (κ1) is 12.6. The van der Waals surface area contributed by atoms with Gasteiger partial charge in [0.1, 0.15) is 18.1 Å². The topological polar surface area (TPSA) is 44.5 Å². The highest BCUT2D eigenvalue weighted by Gasteiger charge is 2.01. The van der Waals surface area contributed by atoms with E-state index in [-0.39, 0.29) is 0 Å². The van der Waals surface area contributed by atoms with Gasteiger partial charge < -0.3 is 15.2 Å². The molecule has 0 aliphatic rings. The number of ether oxygens (including phenoxy) is 2. The van der Waals surface area contributed by atoms with Gasteiger partial charge in [0.25, 0.3) is 0 Å². The Morgan fingerprint density at radius 2 is 1.89 bits per heavy atom. The van der Waals surface area contributed by atoms with Gasteiger partial charge in [-0.1, -0.05) is 23.7 Å². The van der Waals surface area contributed by atoms with Crippen LogP contribution in [-0.2, 0) is 6.61 Å². The number of benzene rings is 2. The van der Waals surface area contributed by atoms with Gasteiger partial charge in [-0.25, -0.2) is 0 Å². The van der Waals surface area contributed by atoms with Gasteiger partial charge in [-0.05, 0) is 29.8 Å². The lowest BCUT2D eigenvalue weighted by atomic mass is 10.2. The standard InChI is InChI=1S/C14H14ClNO2/c1-17-11-3-2-4-12(8-11)18-9-10-5-6-14(16)13(15)7-10/h2-8H,9,16H2,1H3. The zero-order valence-corrected chi connectivity index (χ0v) is 10.8. The van der Waals surface area contributed by atoms with Crippen molar-refractivity contribution in [2.45, 2.75) is 6.61 Å². The zero-order chi connectivity index (χ0) is 13.0. The molecule has 0 heterocycles. The minimum atomic E-state index is 0.438. The van der Waals surface area contributed by atoms with Crippen molar-refractivity contribution in [1.82, 2.24) is 0 Å². The minimum Gasteiger partial charge on any atom is -0.497 e. The van der Waals surface area contributed by atoms with Crippen molar-refractivity contribution < 1.29 is 9.47 Å². The molecule has 0 spiro atoms. The fourth-order valence-corrected chi connectivity index (χ4v) is 1.72. The number of hydrogen-bond donors (Lipinski definition) is 1. The van der Waals surface area contributed by atoms with E-state index in [9.17, 15) is 0 Å². The Morgan fingerprint density at radius 3 is 2.61 bits per heavy atom. The Balaban J connectivity index is 2.04. The van der Waals surface area contributed by atoms with E-state index in [2.05, 4.69) is 0 Å². The summed E-state index contributed by atoms with van der Waals surface area (Å²) in [6.07, 6.45) is 0. The first-order chi connectivity index (χ1) is 8.69. The third-order valence-electron chi connectivity index (χ3n) is 2.51. The molecule has 0 aliphatic heterocycles. The molecule has 3 nitrogen and oxygen atoms in total. The third-order valence-corrected chi connectivity index (χ3v) is 2.84. The smallest absolute Gasteiger partial charge is 0.123 e. The number of nitrogen functional groups attached to an aromatic ring is 1. The average Bonchev–Trinajstić information content (AvgIpc) is 2.40. The molecule has 0 amide bonds. The number of nitrogens with two attached hydrogens (primary N) is 1. The summed E-state index contributed by atoms with van der Waals surface area (Å²) in [5.74, 6) is 1.52. The third kappa shape index (κ3) is 3.08. The van der Waals surface area contributed by atoms with Gasteiger partial charge in [0.05, 0.1) is 17.8 Å². The van der Waals surface area contributed by atoms with E-state index < -0.39 is 0 Å². The molecular formula is C14H14ClNO2. The molecule has 0 unspecified atom stereocenters. The molecule has 2 rings (SSSR count). The number of rotatable bonds is 4. The zero-order valence-electron chi connectivity index (χ0n) is 10.0. The molecule has 0 aromatic heterocycles. The van der Waals surface area contributed by atoms with Crippen molar-refractivity contribution in [3.63, 3.8) is 0 Å². The second kappa shape index (κ2) is 5.65. The minimum absolute atomic E-state index is 0.438. The molecular weight excluding hydrogens is 250 g/mol. The normalized spacial score (nSPS) is 10.1. The second-order valence-corrected chi connectivity index (χ2v) is 4.23. The van der Waals surface area contributed by atoms with Crippen molar-refractivity contribution in [3.05, 3.63) is 53.1 Å². The van der Waals surface area contributed by atoms with Gasteiger partial charge in [-0.2, -0.15) is 0 Å². The van der Waals surface area contributed by atoms with Gasteiger partial charge in [0, 0.05) is 6.07 Å². The van der Waals surface area contributed by atoms with Crippen molar-refractivity contribution >= 4 is 17.3 Å². The molecule has 18 heavy (non-hydrogen) atoms. The quantitative estimate of drug-likeness (QED) is 0.859. The summed E-state index contributed by atoms with van der Waals surface area (Å²) < 4.78 is 10.8. The van der Waals surface area contributed by atoms with Crippen LogP contribution in [0, 0.1) is 0 Å². The van der Waals surface area contributed by atoms with E-state index in [1.54, 1.807) is 19.2 Å². The Hall–Kier alpha value is -1.87. The highest BCUT2D eigenvalue weighted by atomic mass is 35.5. The predicted molar refractivity (Wildman–Crippen MR) is 73.2 cm³/mol. The molecule has 4 heteroatoms. The fourth-order valence-electron chi connectivity index (χ4n) is 1.52. The molecule has 0 aliphatic carbocycles. The van der Waals surface area contributed by atoms with Crippen LogP contribution in [-0.4, -0.2) is 7.11 Å². The maximum Gasteiger partial charge on any atom is 0.123 e. The van der Waals surface area contributed by atoms with Gasteiger partial charge in [0.2, 0.25) is 0 Å². The Kier molecular flexibility index (Phi) is 3.95. The Labute approximate surface area is 111 Å². The van der Waals surface area contributed by atoms with Crippen molar-refractivity contribution in [2.75, 3.05) is 12.8 Å². The van der Waals surface area contributed by atoms with Crippen LogP contribution in [0.3, 0.4) is 0 Å². The summed E-state index contributed by atoms with van der Waals surface area (Å²) in [5.41, 5.74) is 7.19. The molecule has 0 atom stereocenters. The SMILES string of the molecule is COc1cccc(OCc2ccc(N)c(Cl)c2)c1. The van der Waals surface area contributed by atoms with Crippen LogP contribution in [0.4, 0.5) is 5.69 Å². The number of methoxy groups -OCH3 is 1. The first-order valence-electron chi connectivity index (χ1n) is 5.50. The van der Waals surface area contributed by atoms with Crippen LogP contribution in [0.5, 0.6) is 11.5 Å². The summed E-state index contributed by atoms with van der Waals surface area (Å²) >= 11 is 5.94. The highest BCUT2D eigenvalue weighted by molar-refractivity contribution is 6.33. The lowest BCUT2D eigenvalue weighted by Crippen LogP contribution is -1.97. The van der Waals surface area contributed by atoms with Crippen molar-refractivity contribution in [2.24, 2.45) is 0 Å². The molecule has 0 fully saturated rings.